The zero-order valence-corrected chi connectivity index (χ0v) is 9.32. The number of cyclic esters (lactones) is 1. The van der Waals surface area contributed by atoms with E-state index in [2.05, 4.69) is 0 Å². The van der Waals surface area contributed by atoms with Gasteiger partial charge in [-0.05, 0) is 25.8 Å². The van der Waals surface area contributed by atoms with Crippen molar-refractivity contribution in [2.45, 2.75) is 26.7 Å². The Balaban J connectivity index is 2.72. The molecule has 0 fully saturated rings. The first-order chi connectivity index (χ1) is 7.13. The number of carbonyl (C=O) groups is 1. The minimum Gasteiger partial charge on any atom is -0.465 e. The van der Waals surface area contributed by atoms with E-state index in [0.717, 1.165) is 5.57 Å². The number of esters is 1. The number of hydrogen-bond donors (Lipinski definition) is 1. The van der Waals surface area contributed by atoms with Crippen LogP contribution in [-0.2, 0) is 9.53 Å². The molecule has 0 spiro atoms. The van der Waals surface area contributed by atoms with E-state index in [-0.39, 0.29) is 18.5 Å². The van der Waals surface area contributed by atoms with E-state index >= 15 is 0 Å². The SMILES string of the molecule is CC(C)=CCC1C=C(CO)CCOC1=O. The van der Waals surface area contributed by atoms with Crippen molar-refractivity contribution in [2.75, 3.05) is 13.2 Å². The molecule has 0 bridgehead atoms. The van der Waals surface area contributed by atoms with E-state index in [4.69, 9.17) is 9.84 Å². The lowest BCUT2D eigenvalue weighted by Crippen LogP contribution is -2.13. The number of ether oxygens (including phenoxy) is 1. The Labute approximate surface area is 90.4 Å². The van der Waals surface area contributed by atoms with E-state index in [0.29, 0.717) is 19.4 Å². The van der Waals surface area contributed by atoms with Crippen LogP contribution in [0, 0.1) is 5.92 Å². The molecule has 1 rings (SSSR count). The predicted molar refractivity (Wildman–Crippen MR) is 58.3 cm³/mol. The minimum atomic E-state index is -0.232. The molecule has 0 aliphatic carbocycles. The molecule has 0 amide bonds. The molecule has 0 aromatic rings. The largest absolute Gasteiger partial charge is 0.465 e. The van der Waals surface area contributed by atoms with E-state index in [9.17, 15) is 4.79 Å². The Bertz CT molecular complexity index is 285. The minimum absolute atomic E-state index is 0.0158. The number of aliphatic hydroxyl groups is 1. The Morgan fingerprint density at radius 2 is 2.40 bits per heavy atom. The maximum absolute atomic E-state index is 11.5. The van der Waals surface area contributed by atoms with Gasteiger partial charge in [0.15, 0.2) is 0 Å². The first kappa shape index (κ1) is 12.0. The molecule has 0 saturated heterocycles. The van der Waals surface area contributed by atoms with Gasteiger partial charge in [-0.15, -0.1) is 0 Å². The first-order valence-electron chi connectivity index (χ1n) is 5.24. The molecule has 84 valence electrons. The summed E-state index contributed by atoms with van der Waals surface area (Å²) < 4.78 is 5.05. The highest BCUT2D eigenvalue weighted by atomic mass is 16.5. The third-order valence-corrected chi connectivity index (χ3v) is 2.39. The van der Waals surface area contributed by atoms with Crippen LogP contribution in [-0.4, -0.2) is 24.3 Å². The van der Waals surface area contributed by atoms with Crippen molar-refractivity contribution < 1.29 is 14.6 Å². The third kappa shape index (κ3) is 3.88. The molecule has 1 unspecified atom stereocenters. The van der Waals surface area contributed by atoms with Gasteiger partial charge in [0.1, 0.15) is 0 Å². The van der Waals surface area contributed by atoms with Crippen LogP contribution < -0.4 is 0 Å². The molecular weight excluding hydrogens is 192 g/mol. The summed E-state index contributed by atoms with van der Waals surface area (Å²) in [6, 6.07) is 0. The summed E-state index contributed by atoms with van der Waals surface area (Å²) in [6.45, 7) is 4.40. The van der Waals surface area contributed by atoms with Crippen LogP contribution in [0.4, 0.5) is 0 Å². The second-order valence-corrected chi connectivity index (χ2v) is 4.02. The topological polar surface area (TPSA) is 46.5 Å². The molecule has 0 saturated carbocycles. The Hall–Kier alpha value is -1.09. The highest BCUT2D eigenvalue weighted by molar-refractivity contribution is 5.75. The van der Waals surface area contributed by atoms with E-state index in [1.54, 1.807) is 0 Å². The zero-order valence-electron chi connectivity index (χ0n) is 9.32. The zero-order chi connectivity index (χ0) is 11.3. The smallest absolute Gasteiger partial charge is 0.313 e. The lowest BCUT2D eigenvalue weighted by atomic mass is 10.0. The molecule has 0 aromatic heterocycles. The van der Waals surface area contributed by atoms with E-state index in [1.165, 1.54) is 5.57 Å². The van der Waals surface area contributed by atoms with Crippen LogP contribution in [0.3, 0.4) is 0 Å². The number of rotatable bonds is 3. The van der Waals surface area contributed by atoms with Gasteiger partial charge < -0.3 is 9.84 Å². The second-order valence-electron chi connectivity index (χ2n) is 4.02. The first-order valence-corrected chi connectivity index (χ1v) is 5.24. The number of aliphatic hydroxyl groups excluding tert-OH is 1. The van der Waals surface area contributed by atoms with Crippen LogP contribution in [0.2, 0.25) is 0 Å². The maximum atomic E-state index is 11.5. The van der Waals surface area contributed by atoms with Crippen molar-refractivity contribution in [1.82, 2.24) is 0 Å². The summed E-state index contributed by atoms with van der Waals surface area (Å²) in [7, 11) is 0. The highest BCUT2D eigenvalue weighted by Crippen LogP contribution is 2.18. The second kappa shape index (κ2) is 5.71. The lowest BCUT2D eigenvalue weighted by molar-refractivity contribution is -0.146. The quantitative estimate of drug-likeness (QED) is 0.571. The summed E-state index contributed by atoms with van der Waals surface area (Å²) in [5.41, 5.74) is 2.08. The third-order valence-electron chi connectivity index (χ3n) is 2.39. The van der Waals surface area contributed by atoms with Crippen molar-refractivity contribution in [3.63, 3.8) is 0 Å². The summed E-state index contributed by atoms with van der Waals surface area (Å²) in [6.07, 6.45) is 5.16. The summed E-state index contributed by atoms with van der Waals surface area (Å²) in [5.74, 6) is -0.416. The molecule has 0 radical (unpaired) electrons. The molecule has 3 nitrogen and oxygen atoms in total. The molecular formula is C12H18O3. The average molecular weight is 210 g/mol. The fraction of sp³-hybridized carbons (Fsp3) is 0.583. The molecule has 0 aromatic carbocycles. The Morgan fingerprint density at radius 3 is 3.00 bits per heavy atom. The van der Waals surface area contributed by atoms with Crippen LogP contribution >= 0.6 is 0 Å². The van der Waals surface area contributed by atoms with Gasteiger partial charge in [-0.3, -0.25) is 4.79 Å². The van der Waals surface area contributed by atoms with Gasteiger partial charge >= 0.3 is 5.97 Å². The van der Waals surface area contributed by atoms with Crippen molar-refractivity contribution in [3.8, 4) is 0 Å². The van der Waals surface area contributed by atoms with Gasteiger partial charge in [-0.25, -0.2) is 0 Å². The van der Waals surface area contributed by atoms with Crippen molar-refractivity contribution in [2.24, 2.45) is 5.92 Å². The highest BCUT2D eigenvalue weighted by Gasteiger charge is 2.20. The van der Waals surface area contributed by atoms with E-state index < -0.39 is 0 Å². The number of allylic oxidation sites excluding steroid dienone is 2. The van der Waals surface area contributed by atoms with Gasteiger partial charge in [0, 0.05) is 6.42 Å². The maximum Gasteiger partial charge on any atom is 0.313 e. The molecule has 1 aliphatic heterocycles. The molecule has 1 aliphatic rings. The molecule has 1 heterocycles. The molecule has 3 heteroatoms. The normalized spacial score (nSPS) is 21.4. The standard InChI is InChI=1S/C12H18O3/c1-9(2)3-4-11-7-10(8-13)5-6-15-12(11)14/h3,7,11,13H,4-6,8H2,1-2H3. The summed E-state index contributed by atoms with van der Waals surface area (Å²) >= 11 is 0. The molecule has 15 heavy (non-hydrogen) atoms. The molecule has 1 N–H and O–H groups in total. The average Bonchev–Trinajstić information content (AvgIpc) is 2.37. The van der Waals surface area contributed by atoms with Crippen LogP contribution in [0.1, 0.15) is 26.7 Å². The van der Waals surface area contributed by atoms with Crippen molar-refractivity contribution in [3.05, 3.63) is 23.3 Å². The number of hydrogen-bond acceptors (Lipinski definition) is 3. The van der Waals surface area contributed by atoms with Crippen LogP contribution in [0.25, 0.3) is 0 Å². The van der Waals surface area contributed by atoms with Crippen molar-refractivity contribution in [1.29, 1.82) is 0 Å². The van der Waals surface area contributed by atoms with E-state index in [1.807, 2.05) is 26.0 Å². The monoisotopic (exact) mass is 210 g/mol. The Morgan fingerprint density at radius 1 is 1.67 bits per heavy atom. The summed E-state index contributed by atoms with van der Waals surface area (Å²) in [5, 5.41) is 9.05. The molecule has 1 atom stereocenters. The van der Waals surface area contributed by atoms with Gasteiger partial charge in [0.05, 0.1) is 19.1 Å². The van der Waals surface area contributed by atoms with Gasteiger partial charge in [-0.2, -0.15) is 0 Å². The van der Waals surface area contributed by atoms with Crippen LogP contribution in [0.5, 0.6) is 0 Å². The Kier molecular flexibility index (Phi) is 4.56. The number of carbonyl (C=O) groups excluding carboxylic acids is 1. The van der Waals surface area contributed by atoms with Gasteiger partial charge in [0.25, 0.3) is 0 Å². The fourth-order valence-electron chi connectivity index (χ4n) is 1.48. The van der Waals surface area contributed by atoms with Gasteiger partial charge in [-0.1, -0.05) is 17.7 Å². The van der Waals surface area contributed by atoms with Crippen LogP contribution in [0.15, 0.2) is 23.3 Å². The summed E-state index contributed by atoms with van der Waals surface area (Å²) in [4.78, 5) is 11.5. The lowest BCUT2D eigenvalue weighted by Gasteiger charge is -2.07. The van der Waals surface area contributed by atoms with Gasteiger partial charge in [0.2, 0.25) is 0 Å². The predicted octanol–water partition coefficient (Wildman–Crippen LogP) is 1.82. The van der Waals surface area contributed by atoms with Crippen molar-refractivity contribution >= 4 is 5.97 Å². The fourth-order valence-corrected chi connectivity index (χ4v) is 1.48.